The molecule has 1 amide bonds. The van der Waals surface area contributed by atoms with Crippen LogP contribution in [-0.4, -0.2) is 55.2 Å². The predicted octanol–water partition coefficient (Wildman–Crippen LogP) is 4.73. The zero-order valence-corrected chi connectivity index (χ0v) is 19.4. The van der Waals surface area contributed by atoms with Crippen molar-refractivity contribution >= 4 is 16.7 Å². The smallest absolute Gasteiger partial charge is 0.253 e. The number of ether oxygens (including phenoxy) is 2. The van der Waals surface area contributed by atoms with Gasteiger partial charge in [-0.1, -0.05) is 30.3 Å². The van der Waals surface area contributed by atoms with E-state index in [0.29, 0.717) is 12.1 Å². The van der Waals surface area contributed by atoms with E-state index < -0.39 is 0 Å². The van der Waals surface area contributed by atoms with Crippen LogP contribution in [0.25, 0.3) is 10.8 Å². The van der Waals surface area contributed by atoms with Gasteiger partial charge in [0, 0.05) is 38.8 Å². The molecule has 32 heavy (non-hydrogen) atoms. The number of hydrogen-bond donors (Lipinski definition) is 0. The SMILES string of the molecule is COc1ccc2cc(CN(C)C(=O)c3ccc(CN4CC(C)OC(C)C4)cc3)ccc2c1. The molecule has 4 rings (SSSR count). The van der Waals surface area contributed by atoms with Crippen molar-refractivity contribution in [2.75, 3.05) is 27.2 Å². The van der Waals surface area contributed by atoms with Gasteiger partial charge in [-0.05, 0) is 66.1 Å². The molecule has 1 aliphatic heterocycles. The number of hydrogen-bond acceptors (Lipinski definition) is 4. The number of morpholine rings is 1. The van der Waals surface area contributed by atoms with Gasteiger partial charge in [0.1, 0.15) is 5.75 Å². The van der Waals surface area contributed by atoms with E-state index in [2.05, 4.69) is 49.1 Å². The Kier molecular flexibility index (Phi) is 6.77. The lowest BCUT2D eigenvalue weighted by Crippen LogP contribution is -2.44. The molecule has 2 unspecified atom stereocenters. The Balaban J connectivity index is 1.38. The minimum Gasteiger partial charge on any atom is -0.497 e. The zero-order chi connectivity index (χ0) is 22.7. The maximum absolute atomic E-state index is 13.0. The van der Waals surface area contributed by atoms with Crippen molar-refractivity contribution < 1.29 is 14.3 Å². The van der Waals surface area contributed by atoms with Crippen molar-refractivity contribution in [2.45, 2.75) is 39.1 Å². The fourth-order valence-electron chi connectivity index (χ4n) is 4.49. The molecule has 5 nitrogen and oxygen atoms in total. The second-order valence-electron chi connectivity index (χ2n) is 8.86. The maximum Gasteiger partial charge on any atom is 0.253 e. The highest BCUT2D eigenvalue weighted by Gasteiger charge is 2.22. The molecule has 0 radical (unpaired) electrons. The summed E-state index contributed by atoms with van der Waals surface area (Å²) in [5.74, 6) is 0.874. The van der Waals surface area contributed by atoms with E-state index >= 15 is 0 Å². The fourth-order valence-corrected chi connectivity index (χ4v) is 4.49. The quantitative estimate of drug-likeness (QED) is 0.565. The molecule has 1 fully saturated rings. The molecule has 1 aliphatic rings. The van der Waals surface area contributed by atoms with Crippen LogP contribution in [0.2, 0.25) is 0 Å². The molecular weight excluding hydrogens is 400 g/mol. The first-order chi connectivity index (χ1) is 15.4. The van der Waals surface area contributed by atoms with Crippen LogP contribution in [0.5, 0.6) is 5.75 Å². The van der Waals surface area contributed by atoms with E-state index in [1.807, 2.05) is 37.4 Å². The summed E-state index contributed by atoms with van der Waals surface area (Å²) in [5.41, 5.74) is 3.03. The highest BCUT2D eigenvalue weighted by Crippen LogP contribution is 2.23. The molecule has 1 heterocycles. The first kappa shape index (κ1) is 22.3. The van der Waals surface area contributed by atoms with Crippen molar-refractivity contribution in [2.24, 2.45) is 0 Å². The summed E-state index contributed by atoms with van der Waals surface area (Å²) in [7, 11) is 3.52. The van der Waals surface area contributed by atoms with Crippen LogP contribution >= 0.6 is 0 Å². The molecule has 0 N–H and O–H groups in total. The number of carbonyl (C=O) groups is 1. The molecule has 0 saturated carbocycles. The van der Waals surface area contributed by atoms with Gasteiger partial charge < -0.3 is 14.4 Å². The monoisotopic (exact) mass is 432 g/mol. The van der Waals surface area contributed by atoms with E-state index in [0.717, 1.165) is 41.7 Å². The molecule has 1 saturated heterocycles. The van der Waals surface area contributed by atoms with Crippen molar-refractivity contribution in [1.29, 1.82) is 0 Å². The Bertz CT molecular complexity index is 1070. The van der Waals surface area contributed by atoms with Gasteiger partial charge >= 0.3 is 0 Å². The van der Waals surface area contributed by atoms with Gasteiger partial charge in [0.15, 0.2) is 0 Å². The second-order valence-corrected chi connectivity index (χ2v) is 8.86. The molecule has 168 valence electrons. The number of benzene rings is 3. The minimum absolute atomic E-state index is 0.0278. The average molecular weight is 433 g/mol. The summed E-state index contributed by atoms with van der Waals surface area (Å²) in [6.45, 7) is 7.55. The molecule has 0 spiro atoms. The first-order valence-electron chi connectivity index (χ1n) is 11.2. The third-order valence-electron chi connectivity index (χ3n) is 5.98. The minimum atomic E-state index is 0.0278. The van der Waals surface area contributed by atoms with Crippen molar-refractivity contribution in [1.82, 2.24) is 9.80 Å². The van der Waals surface area contributed by atoms with Gasteiger partial charge in [-0.3, -0.25) is 9.69 Å². The first-order valence-corrected chi connectivity index (χ1v) is 11.2. The lowest BCUT2D eigenvalue weighted by molar-refractivity contribution is -0.0704. The van der Waals surface area contributed by atoms with Crippen LogP contribution < -0.4 is 4.74 Å². The van der Waals surface area contributed by atoms with E-state index in [1.54, 1.807) is 12.0 Å². The van der Waals surface area contributed by atoms with Gasteiger partial charge in [-0.2, -0.15) is 0 Å². The number of rotatable bonds is 6. The Morgan fingerprint density at radius 2 is 1.59 bits per heavy atom. The highest BCUT2D eigenvalue weighted by atomic mass is 16.5. The molecule has 2 atom stereocenters. The summed E-state index contributed by atoms with van der Waals surface area (Å²) < 4.78 is 11.1. The standard InChI is InChI=1S/C27H32N2O3/c1-19-15-29(16-20(2)32-19)18-21-5-8-23(9-6-21)27(30)28(3)17-22-7-10-25-14-26(31-4)12-11-24(25)13-22/h5-14,19-20H,15-18H2,1-4H3. The van der Waals surface area contributed by atoms with Crippen LogP contribution in [-0.2, 0) is 17.8 Å². The van der Waals surface area contributed by atoms with Crippen LogP contribution in [0, 0.1) is 0 Å². The highest BCUT2D eigenvalue weighted by molar-refractivity contribution is 5.94. The molecule has 0 aliphatic carbocycles. The fraction of sp³-hybridized carbons (Fsp3) is 0.370. The van der Waals surface area contributed by atoms with E-state index in [4.69, 9.17) is 9.47 Å². The van der Waals surface area contributed by atoms with Crippen molar-refractivity contribution in [3.05, 3.63) is 77.4 Å². The van der Waals surface area contributed by atoms with E-state index in [9.17, 15) is 4.79 Å². The van der Waals surface area contributed by atoms with Crippen molar-refractivity contribution in [3.8, 4) is 5.75 Å². The molecule has 5 heteroatoms. The summed E-state index contributed by atoms with van der Waals surface area (Å²) in [4.78, 5) is 17.1. The van der Waals surface area contributed by atoms with E-state index in [-0.39, 0.29) is 18.1 Å². The lowest BCUT2D eigenvalue weighted by Gasteiger charge is -2.35. The molecular formula is C27H32N2O3. The van der Waals surface area contributed by atoms with Gasteiger partial charge in [0.25, 0.3) is 5.91 Å². The third kappa shape index (κ3) is 5.29. The molecule has 3 aromatic carbocycles. The predicted molar refractivity (Wildman–Crippen MR) is 128 cm³/mol. The Morgan fingerprint density at radius 1 is 0.969 bits per heavy atom. The summed E-state index contributed by atoms with van der Waals surface area (Å²) in [6.07, 6.45) is 0.510. The average Bonchev–Trinajstić information content (AvgIpc) is 2.78. The van der Waals surface area contributed by atoms with Gasteiger partial charge in [-0.25, -0.2) is 0 Å². The zero-order valence-electron chi connectivity index (χ0n) is 19.4. The third-order valence-corrected chi connectivity index (χ3v) is 5.98. The Morgan fingerprint density at radius 3 is 2.28 bits per heavy atom. The van der Waals surface area contributed by atoms with E-state index in [1.165, 1.54) is 5.56 Å². The number of carbonyl (C=O) groups excluding carboxylic acids is 1. The Labute approximate surface area is 190 Å². The number of amides is 1. The normalized spacial score (nSPS) is 19.1. The molecule has 3 aromatic rings. The number of methoxy groups -OCH3 is 1. The number of fused-ring (bicyclic) bond motifs is 1. The number of nitrogens with zero attached hydrogens (tertiary/aromatic N) is 2. The van der Waals surface area contributed by atoms with Crippen molar-refractivity contribution in [3.63, 3.8) is 0 Å². The maximum atomic E-state index is 13.0. The van der Waals surface area contributed by atoms with Crippen LogP contribution in [0.15, 0.2) is 60.7 Å². The van der Waals surface area contributed by atoms with Gasteiger partial charge in [0.05, 0.1) is 19.3 Å². The molecule has 0 bridgehead atoms. The van der Waals surface area contributed by atoms with Gasteiger partial charge in [-0.15, -0.1) is 0 Å². The van der Waals surface area contributed by atoms with Crippen LogP contribution in [0.4, 0.5) is 0 Å². The molecule has 0 aromatic heterocycles. The second kappa shape index (κ2) is 9.72. The van der Waals surface area contributed by atoms with Crippen LogP contribution in [0.3, 0.4) is 0 Å². The Hall–Kier alpha value is -2.89. The van der Waals surface area contributed by atoms with Crippen LogP contribution in [0.1, 0.15) is 35.3 Å². The topological polar surface area (TPSA) is 42.0 Å². The summed E-state index contributed by atoms with van der Waals surface area (Å²) in [6, 6.07) is 20.3. The summed E-state index contributed by atoms with van der Waals surface area (Å²) in [5, 5.41) is 2.27. The van der Waals surface area contributed by atoms with Gasteiger partial charge in [0.2, 0.25) is 0 Å². The lowest BCUT2D eigenvalue weighted by atomic mass is 10.1. The summed E-state index contributed by atoms with van der Waals surface area (Å²) >= 11 is 0. The largest absolute Gasteiger partial charge is 0.497 e.